The Kier molecular flexibility index (Phi) is 3.21. The van der Waals surface area contributed by atoms with Crippen LogP contribution in [0.5, 0.6) is 0 Å². The van der Waals surface area contributed by atoms with Crippen molar-refractivity contribution in [1.29, 1.82) is 0 Å². The summed E-state index contributed by atoms with van der Waals surface area (Å²) in [5, 5.41) is 6.63. The molecule has 0 saturated heterocycles. The van der Waals surface area contributed by atoms with Crippen molar-refractivity contribution in [2.24, 2.45) is 5.92 Å². The Hall–Kier alpha value is -1.00. The maximum absolute atomic E-state index is 6.08. The molecule has 2 N–H and O–H groups in total. The molecule has 3 nitrogen and oxygen atoms in total. The van der Waals surface area contributed by atoms with E-state index in [9.17, 15) is 0 Å². The van der Waals surface area contributed by atoms with Gasteiger partial charge in [0.2, 0.25) is 5.88 Å². The first-order valence-corrected chi connectivity index (χ1v) is 6.32. The smallest absolute Gasteiger partial charge is 0.225 e. The van der Waals surface area contributed by atoms with Crippen molar-refractivity contribution < 1.29 is 4.52 Å². The molecule has 0 radical (unpaired) electrons. The molecular weight excluding hydrogens is 244 g/mol. The van der Waals surface area contributed by atoms with Crippen LogP contribution in [0, 0.1) is 5.92 Å². The van der Waals surface area contributed by atoms with E-state index in [-0.39, 0.29) is 0 Å². The van der Waals surface area contributed by atoms with Gasteiger partial charge in [-0.1, -0.05) is 30.6 Å². The quantitative estimate of drug-likeness (QED) is 0.908. The number of halogens is 1. The molecule has 0 bridgehead atoms. The molecule has 2 aromatic heterocycles. The molecule has 86 valence electrons. The van der Waals surface area contributed by atoms with E-state index < -0.39 is 0 Å². The van der Waals surface area contributed by atoms with Gasteiger partial charge in [0.15, 0.2) is 0 Å². The van der Waals surface area contributed by atoms with Gasteiger partial charge in [-0.3, -0.25) is 0 Å². The molecule has 2 aromatic rings. The van der Waals surface area contributed by atoms with Gasteiger partial charge in [-0.25, -0.2) is 0 Å². The van der Waals surface area contributed by atoms with Gasteiger partial charge in [0.1, 0.15) is 5.69 Å². The van der Waals surface area contributed by atoms with Crippen LogP contribution in [0.4, 0.5) is 5.88 Å². The highest BCUT2D eigenvalue weighted by atomic mass is 35.5. The summed E-state index contributed by atoms with van der Waals surface area (Å²) in [5.41, 5.74) is 7.52. The van der Waals surface area contributed by atoms with Gasteiger partial charge < -0.3 is 10.3 Å². The topological polar surface area (TPSA) is 52.0 Å². The highest BCUT2D eigenvalue weighted by molar-refractivity contribution is 7.14. The summed E-state index contributed by atoms with van der Waals surface area (Å²) in [6, 6.07) is 1.85. The van der Waals surface area contributed by atoms with Crippen molar-refractivity contribution in [3.8, 4) is 10.6 Å². The second kappa shape index (κ2) is 4.47. The molecule has 0 aliphatic rings. The summed E-state index contributed by atoms with van der Waals surface area (Å²) in [6.45, 7) is 4.26. The summed E-state index contributed by atoms with van der Waals surface area (Å²) in [6.07, 6.45) is 0.846. The van der Waals surface area contributed by atoms with E-state index in [0.29, 0.717) is 16.8 Å². The molecule has 0 unspecified atom stereocenters. The van der Waals surface area contributed by atoms with Crippen molar-refractivity contribution >= 4 is 28.8 Å². The number of nitrogens with two attached hydrogens (primary N) is 1. The van der Waals surface area contributed by atoms with Crippen LogP contribution < -0.4 is 5.73 Å². The normalized spacial score (nSPS) is 11.2. The number of anilines is 1. The number of nitrogen functional groups attached to an aromatic ring is 1. The third-order valence-corrected chi connectivity index (χ3v) is 3.61. The average Bonchev–Trinajstić information content (AvgIpc) is 2.75. The molecule has 0 atom stereocenters. The highest BCUT2D eigenvalue weighted by Crippen LogP contribution is 2.37. The monoisotopic (exact) mass is 256 g/mol. The second-order valence-corrected chi connectivity index (χ2v) is 5.39. The number of aromatic nitrogens is 1. The minimum atomic E-state index is 0.396. The van der Waals surface area contributed by atoms with Crippen LogP contribution in [0.2, 0.25) is 5.02 Å². The summed E-state index contributed by atoms with van der Waals surface area (Å²) in [7, 11) is 0. The fraction of sp³-hybridized carbons (Fsp3) is 0.364. The zero-order valence-corrected chi connectivity index (χ0v) is 10.7. The van der Waals surface area contributed by atoms with Gasteiger partial charge in [0.05, 0.1) is 9.90 Å². The van der Waals surface area contributed by atoms with Gasteiger partial charge in [0, 0.05) is 5.56 Å². The van der Waals surface area contributed by atoms with Crippen molar-refractivity contribution in [3.63, 3.8) is 0 Å². The largest absolute Gasteiger partial charge is 0.367 e. The lowest BCUT2D eigenvalue weighted by Crippen LogP contribution is -1.98. The summed E-state index contributed by atoms with van der Waals surface area (Å²) in [5.74, 6) is 0.896. The molecular formula is C11H13ClN2OS. The van der Waals surface area contributed by atoms with E-state index in [1.54, 1.807) is 11.3 Å². The molecule has 0 saturated carbocycles. The SMILES string of the molecule is CC(C)Cc1c(-c2sccc2Cl)noc1N. The number of thiophene rings is 1. The lowest BCUT2D eigenvalue weighted by molar-refractivity contribution is 0.438. The Bertz CT molecular complexity index is 490. The second-order valence-electron chi connectivity index (χ2n) is 4.07. The van der Waals surface area contributed by atoms with Crippen LogP contribution in [-0.4, -0.2) is 5.16 Å². The van der Waals surface area contributed by atoms with E-state index in [1.807, 2.05) is 11.4 Å². The van der Waals surface area contributed by atoms with Crippen molar-refractivity contribution in [2.75, 3.05) is 5.73 Å². The van der Waals surface area contributed by atoms with Gasteiger partial charge in [-0.15, -0.1) is 11.3 Å². The van der Waals surface area contributed by atoms with Gasteiger partial charge in [0.25, 0.3) is 0 Å². The molecule has 0 aliphatic carbocycles. The predicted octanol–water partition coefficient (Wildman–Crippen LogP) is 3.84. The molecule has 2 rings (SSSR count). The van der Waals surface area contributed by atoms with E-state index >= 15 is 0 Å². The number of hydrogen-bond acceptors (Lipinski definition) is 4. The van der Waals surface area contributed by atoms with Crippen LogP contribution in [-0.2, 0) is 6.42 Å². The number of nitrogens with zero attached hydrogens (tertiary/aromatic N) is 1. The van der Waals surface area contributed by atoms with E-state index in [4.69, 9.17) is 21.9 Å². The third kappa shape index (κ3) is 2.08. The predicted molar refractivity (Wildman–Crippen MR) is 67.8 cm³/mol. The van der Waals surface area contributed by atoms with Gasteiger partial charge >= 0.3 is 0 Å². The zero-order chi connectivity index (χ0) is 11.7. The molecule has 0 fully saturated rings. The molecule has 0 aliphatic heterocycles. The van der Waals surface area contributed by atoms with Gasteiger partial charge in [-0.2, -0.15) is 0 Å². The minimum absolute atomic E-state index is 0.396. The average molecular weight is 257 g/mol. The fourth-order valence-electron chi connectivity index (χ4n) is 1.57. The van der Waals surface area contributed by atoms with Crippen LogP contribution in [0.25, 0.3) is 10.6 Å². The summed E-state index contributed by atoms with van der Waals surface area (Å²) >= 11 is 7.63. The first-order chi connectivity index (χ1) is 7.59. The van der Waals surface area contributed by atoms with E-state index in [2.05, 4.69) is 19.0 Å². The first kappa shape index (κ1) is 11.5. The minimum Gasteiger partial charge on any atom is -0.367 e. The molecule has 0 aromatic carbocycles. The number of hydrogen-bond donors (Lipinski definition) is 1. The van der Waals surface area contributed by atoms with E-state index in [0.717, 1.165) is 22.6 Å². The standard InChI is InChI=1S/C11H13ClN2OS/c1-6(2)5-7-9(14-15-11(7)13)10-8(12)3-4-16-10/h3-4,6H,5,13H2,1-2H3. The van der Waals surface area contributed by atoms with E-state index in [1.165, 1.54) is 0 Å². The van der Waals surface area contributed by atoms with Crippen LogP contribution in [0.3, 0.4) is 0 Å². The third-order valence-electron chi connectivity index (χ3n) is 2.26. The molecule has 0 amide bonds. The summed E-state index contributed by atoms with van der Waals surface area (Å²) in [4.78, 5) is 0.928. The first-order valence-electron chi connectivity index (χ1n) is 5.07. The lowest BCUT2D eigenvalue weighted by Gasteiger charge is -2.04. The maximum Gasteiger partial charge on any atom is 0.225 e. The Morgan fingerprint density at radius 1 is 1.56 bits per heavy atom. The van der Waals surface area contributed by atoms with Crippen molar-refractivity contribution in [1.82, 2.24) is 5.16 Å². The van der Waals surface area contributed by atoms with Crippen LogP contribution >= 0.6 is 22.9 Å². The molecule has 2 heterocycles. The zero-order valence-electron chi connectivity index (χ0n) is 9.16. The Labute approximate surface area is 103 Å². The fourth-order valence-corrected chi connectivity index (χ4v) is 2.72. The lowest BCUT2D eigenvalue weighted by atomic mass is 10.0. The molecule has 5 heteroatoms. The molecule has 0 spiro atoms. The van der Waals surface area contributed by atoms with Gasteiger partial charge in [-0.05, 0) is 23.8 Å². The van der Waals surface area contributed by atoms with Crippen molar-refractivity contribution in [2.45, 2.75) is 20.3 Å². The Morgan fingerprint density at radius 2 is 2.31 bits per heavy atom. The Morgan fingerprint density at radius 3 is 2.88 bits per heavy atom. The van der Waals surface area contributed by atoms with Crippen LogP contribution in [0.1, 0.15) is 19.4 Å². The van der Waals surface area contributed by atoms with Crippen LogP contribution in [0.15, 0.2) is 16.0 Å². The molecule has 16 heavy (non-hydrogen) atoms. The van der Waals surface area contributed by atoms with Crippen molar-refractivity contribution in [3.05, 3.63) is 22.0 Å². The number of rotatable bonds is 3. The maximum atomic E-state index is 6.08. The summed E-state index contributed by atoms with van der Waals surface area (Å²) < 4.78 is 5.05. The highest BCUT2D eigenvalue weighted by Gasteiger charge is 2.19. The Balaban J connectivity index is 2.46.